The highest BCUT2D eigenvalue weighted by Crippen LogP contribution is 2.36. The highest BCUT2D eigenvalue weighted by atomic mass is 19.1. The van der Waals surface area contributed by atoms with E-state index < -0.39 is 0 Å². The molecular formula is C17H20FNO. The Kier molecular flexibility index (Phi) is 3.86. The van der Waals surface area contributed by atoms with Gasteiger partial charge >= 0.3 is 0 Å². The molecule has 1 saturated heterocycles. The first-order valence-corrected chi connectivity index (χ1v) is 7.48. The largest absolute Gasteiger partial charge is 0.336 e. The lowest BCUT2D eigenvalue weighted by atomic mass is 9.85. The molecule has 20 heavy (non-hydrogen) atoms. The molecule has 2 nitrogen and oxygen atoms in total. The van der Waals surface area contributed by atoms with Gasteiger partial charge in [-0.25, -0.2) is 4.39 Å². The molecule has 1 aromatic carbocycles. The summed E-state index contributed by atoms with van der Waals surface area (Å²) in [4.78, 5) is 14.3. The van der Waals surface area contributed by atoms with Gasteiger partial charge in [0.25, 0.3) is 0 Å². The van der Waals surface area contributed by atoms with Crippen molar-refractivity contribution in [2.45, 2.75) is 38.1 Å². The average Bonchev–Trinajstić information content (AvgIpc) is 2.89. The highest BCUT2D eigenvalue weighted by Gasteiger charge is 2.37. The fraction of sp³-hybridized carbons (Fsp3) is 0.471. The smallest absolute Gasteiger partial charge is 0.246 e. The van der Waals surface area contributed by atoms with Crippen LogP contribution in [0.3, 0.4) is 0 Å². The van der Waals surface area contributed by atoms with Gasteiger partial charge in [-0.3, -0.25) is 4.79 Å². The number of hydrogen-bond acceptors (Lipinski definition) is 1. The number of nitrogens with zero attached hydrogens (tertiary/aromatic N) is 1. The van der Waals surface area contributed by atoms with Gasteiger partial charge in [0.15, 0.2) is 0 Å². The number of hydrogen-bond donors (Lipinski definition) is 0. The SMILES string of the molecule is O=C(C=Cc1cccc(F)c1)N1CCC2CCCCC21. The summed E-state index contributed by atoms with van der Waals surface area (Å²) in [7, 11) is 0. The predicted octanol–water partition coefficient (Wildman–Crippen LogP) is 3.63. The van der Waals surface area contributed by atoms with Crippen LogP contribution in [0.25, 0.3) is 6.08 Å². The fourth-order valence-corrected chi connectivity index (χ4v) is 3.55. The summed E-state index contributed by atoms with van der Waals surface area (Å²) < 4.78 is 13.1. The standard InChI is InChI=1S/C17H20FNO/c18-15-6-3-4-13(12-15)8-9-17(20)19-11-10-14-5-1-2-7-16(14)19/h3-4,6,8-9,12,14,16H,1-2,5,7,10-11H2. The van der Waals surface area contributed by atoms with Crippen molar-refractivity contribution in [2.24, 2.45) is 5.92 Å². The van der Waals surface area contributed by atoms with Crippen LogP contribution in [0.4, 0.5) is 4.39 Å². The van der Waals surface area contributed by atoms with Gasteiger partial charge in [-0.05, 0) is 49.0 Å². The Labute approximate surface area is 119 Å². The van der Waals surface area contributed by atoms with Crippen molar-refractivity contribution in [1.82, 2.24) is 4.90 Å². The number of rotatable bonds is 2. The number of benzene rings is 1. The molecule has 1 saturated carbocycles. The van der Waals surface area contributed by atoms with Crippen LogP contribution in [0.2, 0.25) is 0 Å². The zero-order valence-electron chi connectivity index (χ0n) is 11.6. The summed E-state index contributed by atoms with van der Waals surface area (Å²) in [6, 6.07) is 6.75. The van der Waals surface area contributed by atoms with E-state index in [-0.39, 0.29) is 11.7 Å². The van der Waals surface area contributed by atoms with Crippen LogP contribution in [-0.2, 0) is 4.79 Å². The summed E-state index contributed by atoms with van der Waals surface area (Å²) in [6.07, 6.45) is 9.39. The van der Waals surface area contributed by atoms with Crippen molar-refractivity contribution in [2.75, 3.05) is 6.54 Å². The van der Waals surface area contributed by atoms with Crippen LogP contribution >= 0.6 is 0 Å². The van der Waals surface area contributed by atoms with E-state index in [9.17, 15) is 9.18 Å². The van der Waals surface area contributed by atoms with E-state index in [0.29, 0.717) is 12.0 Å². The van der Waals surface area contributed by atoms with E-state index >= 15 is 0 Å². The van der Waals surface area contributed by atoms with Crippen molar-refractivity contribution >= 4 is 12.0 Å². The lowest BCUT2D eigenvalue weighted by molar-refractivity contribution is -0.127. The minimum atomic E-state index is -0.270. The van der Waals surface area contributed by atoms with Gasteiger partial charge in [-0.2, -0.15) is 0 Å². The monoisotopic (exact) mass is 273 g/mol. The van der Waals surface area contributed by atoms with Gasteiger partial charge in [-0.1, -0.05) is 25.0 Å². The van der Waals surface area contributed by atoms with Gasteiger partial charge in [0.05, 0.1) is 0 Å². The third kappa shape index (κ3) is 2.77. The summed E-state index contributed by atoms with van der Waals surface area (Å²) >= 11 is 0. The molecule has 1 heterocycles. The van der Waals surface area contributed by atoms with Gasteiger partial charge in [0.1, 0.15) is 5.82 Å². The van der Waals surface area contributed by atoms with E-state index in [1.807, 2.05) is 4.90 Å². The molecule has 2 unspecified atom stereocenters. The average molecular weight is 273 g/mol. The maximum atomic E-state index is 13.1. The molecule has 0 bridgehead atoms. The van der Waals surface area contributed by atoms with Crippen molar-refractivity contribution < 1.29 is 9.18 Å². The fourth-order valence-electron chi connectivity index (χ4n) is 3.55. The molecule has 2 fully saturated rings. The van der Waals surface area contributed by atoms with Crippen LogP contribution in [0, 0.1) is 11.7 Å². The molecule has 0 N–H and O–H groups in total. The van der Waals surface area contributed by atoms with Gasteiger partial charge in [0.2, 0.25) is 5.91 Å². The number of amides is 1. The van der Waals surface area contributed by atoms with Crippen molar-refractivity contribution in [3.63, 3.8) is 0 Å². The molecule has 0 aromatic heterocycles. The minimum absolute atomic E-state index is 0.0728. The third-order valence-corrected chi connectivity index (χ3v) is 4.56. The molecule has 0 spiro atoms. The minimum Gasteiger partial charge on any atom is -0.336 e. The molecule has 3 heteroatoms. The summed E-state index contributed by atoms with van der Waals surface area (Å²) in [5.41, 5.74) is 0.734. The van der Waals surface area contributed by atoms with E-state index in [1.165, 1.54) is 31.4 Å². The summed E-state index contributed by atoms with van der Waals surface area (Å²) in [5.74, 6) is 0.507. The Bertz CT molecular complexity index is 525. The maximum Gasteiger partial charge on any atom is 0.246 e. The zero-order valence-corrected chi connectivity index (χ0v) is 11.6. The Morgan fingerprint density at radius 3 is 2.95 bits per heavy atom. The van der Waals surface area contributed by atoms with E-state index in [1.54, 1.807) is 24.3 Å². The number of halogens is 1. The van der Waals surface area contributed by atoms with Crippen LogP contribution in [0.1, 0.15) is 37.7 Å². The lowest BCUT2D eigenvalue weighted by Crippen LogP contribution is -2.38. The Morgan fingerprint density at radius 1 is 1.25 bits per heavy atom. The number of fused-ring (bicyclic) bond motifs is 1. The second kappa shape index (κ2) is 5.78. The van der Waals surface area contributed by atoms with Gasteiger partial charge in [0, 0.05) is 18.7 Å². The second-order valence-corrected chi connectivity index (χ2v) is 5.82. The molecule has 2 aliphatic rings. The maximum absolute atomic E-state index is 13.1. The Morgan fingerprint density at radius 2 is 2.10 bits per heavy atom. The zero-order chi connectivity index (χ0) is 13.9. The number of carbonyl (C=O) groups is 1. The molecule has 3 rings (SSSR count). The molecule has 1 amide bonds. The van der Waals surface area contributed by atoms with Gasteiger partial charge in [-0.15, -0.1) is 0 Å². The van der Waals surface area contributed by atoms with E-state index in [0.717, 1.165) is 24.9 Å². The Hall–Kier alpha value is -1.64. The normalized spacial score (nSPS) is 25.9. The first-order chi connectivity index (χ1) is 9.74. The van der Waals surface area contributed by atoms with Crippen LogP contribution in [0.15, 0.2) is 30.3 Å². The Balaban J connectivity index is 1.67. The number of carbonyl (C=O) groups excluding carboxylic acids is 1. The highest BCUT2D eigenvalue weighted by molar-refractivity contribution is 5.92. The molecule has 2 atom stereocenters. The quantitative estimate of drug-likeness (QED) is 0.753. The van der Waals surface area contributed by atoms with Crippen LogP contribution in [-0.4, -0.2) is 23.4 Å². The first-order valence-electron chi connectivity index (χ1n) is 7.48. The molecule has 106 valence electrons. The molecule has 0 radical (unpaired) electrons. The van der Waals surface area contributed by atoms with Crippen molar-refractivity contribution in [3.8, 4) is 0 Å². The molecule has 1 aliphatic heterocycles. The van der Waals surface area contributed by atoms with Crippen LogP contribution in [0.5, 0.6) is 0 Å². The third-order valence-electron chi connectivity index (χ3n) is 4.56. The summed E-state index contributed by atoms with van der Waals surface area (Å²) in [6.45, 7) is 0.877. The van der Waals surface area contributed by atoms with Crippen molar-refractivity contribution in [1.29, 1.82) is 0 Å². The van der Waals surface area contributed by atoms with Crippen molar-refractivity contribution in [3.05, 3.63) is 41.7 Å². The molecule has 1 aliphatic carbocycles. The van der Waals surface area contributed by atoms with E-state index in [2.05, 4.69) is 0 Å². The van der Waals surface area contributed by atoms with Crippen LogP contribution < -0.4 is 0 Å². The predicted molar refractivity (Wildman–Crippen MR) is 77.5 cm³/mol. The lowest BCUT2D eigenvalue weighted by Gasteiger charge is -2.31. The van der Waals surface area contributed by atoms with E-state index in [4.69, 9.17) is 0 Å². The molecular weight excluding hydrogens is 253 g/mol. The molecule has 1 aromatic rings. The van der Waals surface area contributed by atoms with Gasteiger partial charge < -0.3 is 4.90 Å². The number of likely N-dealkylation sites (tertiary alicyclic amines) is 1. The topological polar surface area (TPSA) is 20.3 Å². The second-order valence-electron chi connectivity index (χ2n) is 5.82. The summed E-state index contributed by atoms with van der Waals surface area (Å²) in [5, 5.41) is 0. The first kappa shape index (κ1) is 13.3.